The number of hydrogen-bond donors (Lipinski definition) is 0. The van der Waals surface area contributed by atoms with E-state index in [0.29, 0.717) is 11.5 Å². The lowest BCUT2D eigenvalue weighted by Gasteiger charge is -2.24. The predicted molar refractivity (Wildman–Crippen MR) is 105 cm³/mol. The number of ether oxygens (including phenoxy) is 1. The number of carbonyl (C=O) groups is 1. The Morgan fingerprint density at radius 2 is 2.00 bits per heavy atom. The van der Waals surface area contributed by atoms with Crippen LogP contribution >= 0.6 is 0 Å². The Labute approximate surface area is 163 Å². The van der Waals surface area contributed by atoms with Gasteiger partial charge in [0, 0.05) is 18.2 Å². The third-order valence-electron chi connectivity index (χ3n) is 5.19. The van der Waals surface area contributed by atoms with Gasteiger partial charge in [-0.15, -0.1) is 0 Å². The summed E-state index contributed by atoms with van der Waals surface area (Å²) in [6.45, 7) is 0.722. The number of halogens is 1. The summed E-state index contributed by atoms with van der Waals surface area (Å²) >= 11 is 0. The van der Waals surface area contributed by atoms with Crippen molar-refractivity contribution in [1.82, 2.24) is 4.90 Å². The minimum absolute atomic E-state index is 0.0984. The Morgan fingerprint density at radius 1 is 1.18 bits per heavy atom. The summed E-state index contributed by atoms with van der Waals surface area (Å²) < 4.78 is 24.2. The topological polar surface area (TPSA) is 42.7 Å². The molecule has 0 N–H and O–H groups in total. The highest BCUT2D eigenvalue weighted by Gasteiger charge is 2.31. The molecule has 4 nitrogen and oxygen atoms in total. The number of methoxy groups -OCH3 is 1. The first kappa shape index (κ1) is 18.3. The third-order valence-corrected chi connectivity index (χ3v) is 5.19. The van der Waals surface area contributed by atoms with E-state index in [9.17, 15) is 9.18 Å². The van der Waals surface area contributed by atoms with E-state index in [0.717, 1.165) is 42.7 Å². The molecule has 0 saturated carbocycles. The van der Waals surface area contributed by atoms with E-state index < -0.39 is 0 Å². The maximum atomic E-state index is 13.1. The van der Waals surface area contributed by atoms with Crippen molar-refractivity contribution in [2.75, 3.05) is 13.7 Å². The van der Waals surface area contributed by atoms with Crippen molar-refractivity contribution in [2.24, 2.45) is 0 Å². The number of amides is 1. The number of furan rings is 1. The fourth-order valence-corrected chi connectivity index (χ4v) is 3.75. The summed E-state index contributed by atoms with van der Waals surface area (Å²) in [5.41, 5.74) is 1.89. The Kier molecular flexibility index (Phi) is 5.15. The molecule has 2 heterocycles. The second-order valence-electron chi connectivity index (χ2n) is 7.02. The summed E-state index contributed by atoms with van der Waals surface area (Å²) in [6.07, 6.45) is 2.73. The number of nitrogens with zero attached hydrogens (tertiary/aromatic N) is 1. The van der Waals surface area contributed by atoms with Crippen LogP contribution in [0.1, 0.15) is 29.0 Å². The largest absolute Gasteiger partial charge is 0.497 e. The fraction of sp³-hybridized carbons (Fsp3) is 0.261. The van der Waals surface area contributed by atoms with Crippen LogP contribution in [0.5, 0.6) is 5.75 Å². The SMILES string of the molecule is COc1cccc(CC2CCCN2C(=O)c2ccc(-c3ccc(F)cc3)o2)c1. The maximum Gasteiger partial charge on any atom is 0.289 e. The van der Waals surface area contributed by atoms with E-state index in [1.165, 1.54) is 12.1 Å². The normalized spacial score (nSPS) is 16.4. The first-order valence-electron chi connectivity index (χ1n) is 9.44. The van der Waals surface area contributed by atoms with Crippen LogP contribution in [0.3, 0.4) is 0 Å². The average molecular weight is 379 g/mol. The number of rotatable bonds is 5. The number of carbonyl (C=O) groups excluding carboxylic acids is 1. The molecule has 144 valence electrons. The van der Waals surface area contributed by atoms with Gasteiger partial charge in [-0.3, -0.25) is 4.79 Å². The van der Waals surface area contributed by atoms with Gasteiger partial charge in [0.15, 0.2) is 5.76 Å². The highest BCUT2D eigenvalue weighted by atomic mass is 19.1. The van der Waals surface area contributed by atoms with Crippen LogP contribution in [0.25, 0.3) is 11.3 Å². The molecule has 3 aromatic rings. The molecule has 1 atom stereocenters. The Morgan fingerprint density at radius 3 is 2.79 bits per heavy atom. The van der Waals surface area contributed by atoms with Gasteiger partial charge in [-0.1, -0.05) is 12.1 Å². The van der Waals surface area contributed by atoms with E-state index in [-0.39, 0.29) is 17.8 Å². The lowest BCUT2D eigenvalue weighted by molar-refractivity contribution is 0.0705. The second kappa shape index (κ2) is 7.89. The van der Waals surface area contributed by atoms with Gasteiger partial charge in [0.2, 0.25) is 0 Å². The van der Waals surface area contributed by atoms with Crippen molar-refractivity contribution in [2.45, 2.75) is 25.3 Å². The van der Waals surface area contributed by atoms with Gasteiger partial charge in [0.05, 0.1) is 7.11 Å². The van der Waals surface area contributed by atoms with Crippen LogP contribution in [0.15, 0.2) is 65.1 Å². The highest BCUT2D eigenvalue weighted by Crippen LogP contribution is 2.27. The Bertz CT molecular complexity index is 964. The van der Waals surface area contributed by atoms with Crippen molar-refractivity contribution < 1.29 is 18.3 Å². The molecule has 5 heteroatoms. The van der Waals surface area contributed by atoms with E-state index in [1.807, 2.05) is 23.1 Å². The first-order valence-corrected chi connectivity index (χ1v) is 9.44. The summed E-state index contributed by atoms with van der Waals surface area (Å²) in [7, 11) is 1.65. The van der Waals surface area contributed by atoms with E-state index in [2.05, 4.69) is 6.07 Å². The summed E-state index contributed by atoms with van der Waals surface area (Å²) in [6, 6.07) is 17.6. The molecule has 1 aliphatic heterocycles. The molecule has 0 bridgehead atoms. The summed E-state index contributed by atoms with van der Waals surface area (Å²) in [5, 5.41) is 0. The number of benzene rings is 2. The van der Waals surface area contributed by atoms with Gasteiger partial charge in [-0.2, -0.15) is 0 Å². The van der Waals surface area contributed by atoms with Crippen molar-refractivity contribution >= 4 is 5.91 Å². The monoisotopic (exact) mass is 379 g/mol. The molecule has 1 saturated heterocycles. The quantitative estimate of drug-likeness (QED) is 0.630. The van der Waals surface area contributed by atoms with Crippen LogP contribution in [0.4, 0.5) is 4.39 Å². The molecule has 0 radical (unpaired) electrons. The molecule has 0 aliphatic carbocycles. The van der Waals surface area contributed by atoms with E-state index >= 15 is 0 Å². The minimum Gasteiger partial charge on any atom is -0.497 e. The zero-order valence-corrected chi connectivity index (χ0v) is 15.7. The Balaban J connectivity index is 1.50. The zero-order chi connectivity index (χ0) is 19.5. The van der Waals surface area contributed by atoms with Crippen molar-refractivity contribution in [3.8, 4) is 17.1 Å². The fourth-order valence-electron chi connectivity index (χ4n) is 3.75. The molecule has 1 aliphatic rings. The summed E-state index contributed by atoms with van der Waals surface area (Å²) in [5.74, 6) is 1.30. The lowest BCUT2D eigenvalue weighted by Crippen LogP contribution is -2.36. The van der Waals surface area contributed by atoms with Crippen LogP contribution in [-0.4, -0.2) is 30.5 Å². The molecular weight excluding hydrogens is 357 g/mol. The maximum absolute atomic E-state index is 13.1. The molecule has 1 aromatic heterocycles. The zero-order valence-electron chi connectivity index (χ0n) is 15.7. The van der Waals surface area contributed by atoms with Crippen molar-refractivity contribution in [1.29, 1.82) is 0 Å². The highest BCUT2D eigenvalue weighted by molar-refractivity contribution is 5.92. The summed E-state index contributed by atoms with van der Waals surface area (Å²) in [4.78, 5) is 14.9. The van der Waals surface area contributed by atoms with Crippen molar-refractivity contribution in [3.05, 3.63) is 77.8 Å². The smallest absolute Gasteiger partial charge is 0.289 e. The van der Waals surface area contributed by atoms with Gasteiger partial charge in [0.1, 0.15) is 17.3 Å². The van der Waals surface area contributed by atoms with Gasteiger partial charge >= 0.3 is 0 Å². The van der Waals surface area contributed by atoms with Crippen LogP contribution in [0.2, 0.25) is 0 Å². The molecule has 0 spiro atoms. The molecule has 4 rings (SSSR count). The van der Waals surface area contributed by atoms with Gasteiger partial charge in [0.25, 0.3) is 5.91 Å². The first-order chi connectivity index (χ1) is 13.6. The molecule has 1 amide bonds. The average Bonchev–Trinajstić information content (AvgIpc) is 3.38. The van der Waals surface area contributed by atoms with Crippen LogP contribution in [0, 0.1) is 5.82 Å². The molecular formula is C23H22FNO3. The standard InChI is InChI=1S/C23H22FNO3/c1-27-20-6-2-4-16(15-20)14-19-5-3-13-25(19)23(26)22-12-11-21(28-22)17-7-9-18(24)10-8-17/h2,4,6-12,15,19H,3,5,13-14H2,1H3. The second-order valence-corrected chi connectivity index (χ2v) is 7.02. The number of likely N-dealkylation sites (tertiary alicyclic amines) is 1. The van der Waals surface area contributed by atoms with E-state index in [1.54, 1.807) is 31.4 Å². The molecule has 1 fully saturated rings. The lowest BCUT2D eigenvalue weighted by atomic mass is 10.0. The molecule has 28 heavy (non-hydrogen) atoms. The van der Waals surface area contributed by atoms with Gasteiger partial charge in [-0.25, -0.2) is 4.39 Å². The number of hydrogen-bond acceptors (Lipinski definition) is 3. The van der Waals surface area contributed by atoms with E-state index in [4.69, 9.17) is 9.15 Å². The van der Waals surface area contributed by atoms with Crippen LogP contribution < -0.4 is 4.74 Å². The predicted octanol–water partition coefficient (Wildman–Crippen LogP) is 4.94. The minimum atomic E-state index is -0.302. The van der Waals surface area contributed by atoms with Gasteiger partial charge < -0.3 is 14.1 Å². The van der Waals surface area contributed by atoms with Crippen molar-refractivity contribution in [3.63, 3.8) is 0 Å². The Hall–Kier alpha value is -3.08. The van der Waals surface area contributed by atoms with Gasteiger partial charge in [-0.05, 0) is 73.4 Å². The van der Waals surface area contributed by atoms with Crippen LogP contribution in [-0.2, 0) is 6.42 Å². The third kappa shape index (κ3) is 3.79. The molecule has 1 unspecified atom stereocenters. The molecule has 2 aromatic carbocycles.